The maximum absolute atomic E-state index is 12.4. The first-order chi connectivity index (χ1) is 10.2. The van der Waals surface area contributed by atoms with E-state index in [0.717, 1.165) is 19.1 Å². The van der Waals surface area contributed by atoms with Crippen LogP contribution in [-0.2, 0) is 9.84 Å². The molecule has 0 radical (unpaired) electrons. The van der Waals surface area contributed by atoms with Gasteiger partial charge in [-0.1, -0.05) is 0 Å². The van der Waals surface area contributed by atoms with Gasteiger partial charge in [0.15, 0.2) is 27.1 Å². The lowest BCUT2D eigenvalue weighted by Gasteiger charge is -2.13. The van der Waals surface area contributed by atoms with Crippen LogP contribution in [0.2, 0.25) is 0 Å². The zero-order valence-electron chi connectivity index (χ0n) is 11.9. The smallest absolute Gasteiger partial charge is 0.387 e. The summed E-state index contributed by atoms with van der Waals surface area (Å²) < 4.78 is 56.8. The fourth-order valence-corrected chi connectivity index (χ4v) is 2.44. The molecule has 0 atom stereocenters. The Morgan fingerprint density at radius 1 is 1.32 bits per heavy atom. The van der Waals surface area contributed by atoms with Gasteiger partial charge in [-0.15, -0.1) is 0 Å². The van der Waals surface area contributed by atoms with Gasteiger partial charge in [0.2, 0.25) is 0 Å². The van der Waals surface area contributed by atoms with Crippen LogP contribution in [0, 0.1) is 5.92 Å². The summed E-state index contributed by atoms with van der Waals surface area (Å²) >= 11 is 0. The molecule has 0 aromatic heterocycles. The first kappa shape index (κ1) is 16.7. The first-order valence-corrected chi connectivity index (χ1v) is 8.73. The van der Waals surface area contributed by atoms with Crippen molar-refractivity contribution in [1.82, 2.24) is 0 Å². The molecular formula is C14H16F2O5S. The summed E-state index contributed by atoms with van der Waals surface area (Å²) in [4.78, 5) is 11.9. The molecule has 0 heterocycles. The summed E-state index contributed by atoms with van der Waals surface area (Å²) in [5.41, 5.74) is 0.0813. The third-order valence-electron chi connectivity index (χ3n) is 3.05. The Kier molecular flexibility index (Phi) is 5.00. The third-order valence-corrected chi connectivity index (χ3v) is 3.83. The van der Waals surface area contributed by atoms with Gasteiger partial charge < -0.3 is 9.47 Å². The van der Waals surface area contributed by atoms with Gasteiger partial charge in [-0.3, -0.25) is 4.79 Å². The van der Waals surface area contributed by atoms with Crippen molar-refractivity contribution in [3.63, 3.8) is 0 Å². The van der Waals surface area contributed by atoms with Crippen molar-refractivity contribution in [3.05, 3.63) is 23.8 Å². The van der Waals surface area contributed by atoms with Gasteiger partial charge in [0.05, 0.1) is 6.61 Å². The van der Waals surface area contributed by atoms with Crippen molar-refractivity contribution in [2.24, 2.45) is 5.92 Å². The molecule has 122 valence electrons. The number of carbonyl (C=O) groups is 1. The van der Waals surface area contributed by atoms with Gasteiger partial charge in [0.25, 0.3) is 0 Å². The lowest BCUT2D eigenvalue weighted by Crippen LogP contribution is -2.15. The quantitative estimate of drug-likeness (QED) is 0.682. The van der Waals surface area contributed by atoms with Gasteiger partial charge >= 0.3 is 6.61 Å². The second kappa shape index (κ2) is 6.60. The number of hydrogen-bond acceptors (Lipinski definition) is 5. The number of alkyl halides is 2. The van der Waals surface area contributed by atoms with E-state index >= 15 is 0 Å². The van der Waals surface area contributed by atoms with Gasteiger partial charge in [-0.25, -0.2) is 8.42 Å². The number of carbonyl (C=O) groups excluding carboxylic acids is 1. The normalized spacial score (nSPS) is 14.9. The molecule has 0 unspecified atom stereocenters. The van der Waals surface area contributed by atoms with Gasteiger partial charge in [0, 0.05) is 11.8 Å². The second-order valence-electron chi connectivity index (χ2n) is 5.29. The molecule has 0 bridgehead atoms. The van der Waals surface area contributed by atoms with Crippen LogP contribution in [0.4, 0.5) is 8.78 Å². The molecule has 1 aliphatic carbocycles. The predicted molar refractivity (Wildman–Crippen MR) is 75.3 cm³/mol. The lowest BCUT2D eigenvalue weighted by atomic mass is 10.1. The Balaban J connectivity index is 2.20. The molecule has 5 nitrogen and oxygen atoms in total. The molecule has 22 heavy (non-hydrogen) atoms. The molecule has 8 heteroatoms. The summed E-state index contributed by atoms with van der Waals surface area (Å²) in [7, 11) is -3.47. The van der Waals surface area contributed by atoms with E-state index < -0.39 is 28.0 Å². The fourth-order valence-electron chi connectivity index (χ4n) is 1.80. The summed E-state index contributed by atoms with van der Waals surface area (Å²) in [5.74, 6) is -1.04. The zero-order chi connectivity index (χ0) is 16.3. The Hall–Kier alpha value is -1.70. The molecule has 0 N–H and O–H groups in total. The maximum Gasteiger partial charge on any atom is 0.387 e. The number of halogens is 2. The molecule has 1 aliphatic rings. The van der Waals surface area contributed by atoms with Crippen LogP contribution >= 0.6 is 0 Å². The average molecular weight is 334 g/mol. The van der Waals surface area contributed by atoms with Crippen molar-refractivity contribution in [1.29, 1.82) is 0 Å². The van der Waals surface area contributed by atoms with Crippen LogP contribution in [0.25, 0.3) is 0 Å². The van der Waals surface area contributed by atoms with Crippen molar-refractivity contribution in [2.45, 2.75) is 19.5 Å². The number of ketones is 1. The molecule has 1 aromatic rings. The largest absolute Gasteiger partial charge is 0.489 e. The highest BCUT2D eigenvalue weighted by Crippen LogP contribution is 2.34. The van der Waals surface area contributed by atoms with Crippen LogP contribution in [-0.4, -0.2) is 39.4 Å². The van der Waals surface area contributed by atoms with Crippen molar-refractivity contribution in [2.75, 3.05) is 18.6 Å². The zero-order valence-corrected chi connectivity index (χ0v) is 12.7. The van der Waals surface area contributed by atoms with Gasteiger partial charge in [-0.05, 0) is 37.0 Å². The minimum absolute atomic E-state index is 0.0200. The second-order valence-corrected chi connectivity index (χ2v) is 7.43. The van der Waals surface area contributed by atoms with E-state index in [4.69, 9.17) is 4.74 Å². The monoisotopic (exact) mass is 334 g/mol. The van der Waals surface area contributed by atoms with Crippen LogP contribution in [0.15, 0.2) is 18.2 Å². The Morgan fingerprint density at radius 2 is 2.00 bits per heavy atom. The molecule has 0 aliphatic heterocycles. The molecule has 1 fully saturated rings. The van der Waals surface area contributed by atoms with Gasteiger partial charge in [-0.2, -0.15) is 8.78 Å². The predicted octanol–water partition coefficient (Wildman–Crippen LogP) is 2.30. The van der Waals surface area contributed by atoms with Crippen molar-refractivity contribution >= 4 is 15.6 Å². The van der Waals surface area contributed by atoms with Crippen LogP contribution in [0.1, 0.15) is 23.2 Å². The molecular weight excluding hydrogens is 318 g/mol. The van der Waals surface area contributed by atoms with E-state index in [9.17, 15) is 22.0 Å². The third kappa shape index (κ3) is 5.25. The molecule has 0 amide bonds. The molecule has 2 rings (SSSR count). The van der Waals surface area contributed by atoms with E-state index in [0.29, 0.717) is 12.5 Å². The Labute approximate surface area is 127 Å². The van der Waals surface area contributed by atoms with E-state index in [1.54, 1.807) is 0 Å². The van der Waals surface area contributed by atoms with Crippen LogP contribution in [0.3, 0.4) is 0 Å². The van der Waals surface area contributed by atoms with Crippen LogP contribution < -0.4 is 9.47 Å². The van der Waals surface area contributed by atoms with E-state index in [-0.39, 0.29) is 17.1 Å². The highest BCUT2D eigenvalue weighted by atomic mass is 32.2. The first-order valence-electron chi connectivity index (χ1n) is 6.67. The SMILES string of the molecule is CS(=O)(=O)CC(=O)c1ccc(OC(F)F)c(OCC2CC2)c1. The Morgan fingerprint density at radius 3 is 2.55 bits per heavy atom. The summed E-state index contributed by atoms with van der Waals surface area (Å²) in [6.45, 7) is -2.66. The summed E-state index contributed by atoms with van der Waals surface area (Å²) in [5, 5.41) is 0. The highest BCUT2D eigenvalue weighted by molar-refractivity contribution is 7.91. The maximum atomic E-state index is 12.4. The number of ether oxygens (including phenoxy) is 2. The average Bonchev–Trinajstić information content (AvgIpc) is 3.18. The summed E-state index contributed by atoms with van der Waals surface area (Å²) in [6, 6.07) is 3.67. The Bertz CT molecular complexity index is 653. The number of benzene rings is 1. The van der Waals surface area contributed by atoms with Crippen molar-refractivity contribution in [3.8, 4) is 11.5 Å². The minimum atomic E-state index is -3.47. The topological polar surface area (TPSA) is 69.7 Å². The van der Waals surface area contributed by atoms with Crippen LogP contribution in [0.5, 0.6) is 11.5 Å². The number of hydrogen-bond donors (Lipinski definition) is 0. The van der Waals surface area contributed by atoms with E-state index in [1.165, 1.54) is 18.2 Å². The minimum Gasteiger partial charge on any atom is -0.489 e. The molecule has 1 aromatic carbocycles. The summed E-state index contributed by atoms with van der Waals surface area (Å²) in [6.07, 6.45) is 2.97. The van der Waals surface area contributed by atoms with E-state index in [1.807, 2.05) is 0 Å². The molecule has 1 saturated carbocycles. The van der Waals surface area contributed by atoms with E-state index in [2.05, 4.69) is 4.74 Å². The number of rotatable bonds is 8. The lowest BCUT2D eigenvalue weighted by molar-refractivity contribution is -0.0515. The van der Waals surface area contributed by atoms with Gasteiger partial charge in [0.1, 0.15) is 5.75 Å². The molecule has 0 saturated heterocycles. The van der Waals surface area contributed by atoms with Crippen molar-refractivity contribution < 1.29 is 31.5 Å². The number of Topliss-reactive ketones (excluding diaryl/α,β-unsaturated/α-hetero) is 1. The fraction of sp³-hybridized carbons (Fsp3) is 0.500. The standard InChI is InChI=1S/C14H16F2O5S/c1-22(18,19)8-11(17)10-4-5-12(21-14(15)16)13(6-10)20-7-9-2-3-9/h4-6,9,14H,2-3,7-8H2,1H3. The molecule has 0 spiro atoms. The highest BCUT2D eigenvalue weighted by Gasteiger charge is 2.24. The number of sulfone groups is 1.